The Morgan fingerprint density at radius 2 is 1.85 bits per heavy atom. The predicted octanol–water partition coefficient (Wildman–Crippen LogP) is 1.54. The van der Waals surface area contributed by atoms with Crippen molar-refractivity contribution in [1.29, 1.82) is 0 Å². The third-order valence-electron chi connectivity index (χ3n) is 2.61. The zero-order valence-electron chi connectivity index (χ0n) is 11.7. The number of rotatable bonds is 6. The number of hydrogen-bond acceptors (Lipinski definition) is 7. The van der Waals surface area contributed by atoms with Crippen molar-refractivity contribution in [3.05, 3.63) is 29.8 Å². The molecule has 7 heteroatoms. The third kappa shape index (κ3) is 3.47. The van der Waals surface area contributed by atoms with E-state index in [1.54, 1.807) is 14.2 Å². The molecule has 1 heterocycles. The number of aromatic nitrogens is 3. The fourth-order valence-corrected chi connectivity index (χ4v) is 1.60. The smallest absolute Gasteiger partial charge is 0.322 e. The molecule has 7 nitrogen and oxygen atoms in total. The van der Waals surface area contributed by atoms with Crippen molar-refractivity contribution in [2.75, 3.05) is 31.9 Å². The van der Waals surface area contributed by atoms with Gasteiger partial charge in [0.05, 0.1) is 14.2 Å². The number of hydrogen-bond donors (Lipinski definition) is 2. The summed E-state index contributed by atoms with van der Waals surface area (Å²) in [5.41, 5.74) is 1.06. The van der Waals surface area contributed by atoms with Gasteiger partial charge < -0.3 is 20.1 Å². The maximum absolute atomic E-state index is 5.18. The number of anilines is 2. The highest BCUT2D eigenvalue weighted by molar-refractivity contribution is 5.37. The SMILES string of the molecule is CNc1nc(NCc2cccc(OC)c2)nc(OC)n1. The van der Waals surface area contributed by atoms with Gasteiger partial charge in [0.25, 0.3) is 0 Å². The Morgan fingerprint density at radius 1 is 1.05 bits per heavy atom. The van der Waals surface area contributed by atoms with E-state index in [0.29, 0.717) is 18.4 Å². The van der Waals surface area contributed by atoms with Gasteiger partial charge in [-0.15, -0.1) is 0 Å². The van der Waals surface area contributed by atoms with E-state index in [1.807, 2.05) is 24.3 Å². The van der Waals surface area contributed by atoms with Crippen molar-refractivity contribution in [3.63, 3.8) is 0 Å². The zero-order valence-corrected chi connectivity index (χ0v) is 11.7. The quantitative estimate of drug-likeness (QED) is 0.827. The van der Waals surface area contributed by atoms with E-state index in [2.05, 4.69) is 25.6 Å². The van der Waals surface area contributed by atoms with E-state index in [0.717, 1.165) is 11.3 Å². The van der Waals surface area contributed by atoms with Crippen LogP contribution in [0.5, 0.6) is 11.8 Å². The molecule has 2 rings (SSSR count). The van der Waals surface area contributed by atoms with E-state index in [1.165, 1.54) is 7.11 Å². The molecule has 2 N–H and O–H groups in total. The van der Waals surface area contributed by atoms with Crippen LogP contribution in [0.25, 0.3) is 0 Å². The van der Waals surface area contributed by atoms with Gasteiger partial charge in [0.2, 0.25) is 11.9 Å². The second-order valence-corrected chi connectivity index (χ2v) is 3.92. The lowest BCUT2D eigenvalue weighted by Gasteiger charge is -2.08. The van der Waals surface area contributed by atoms with Crippen molar-refractivity contribution in [2.45, 2.75) is 6.54 Å². The first-order valence-electron chi connectivity index (χ1n) is 6.09. The van der Waals surface area contributed by atoms with Crippen LogP contribution in [0.2, 0.25) is 0 Å². The average molecular weight is 275 g/mol. The molecule has 20 heavy (non-hydrogen) atoms. The molecule has 1 aromatic heterocycles. The molecular formula is C13H17N5O2. The molecule has 1 aromatic carbocycles. The fourth-order valence-electron chi connectivity index (χ4n) is 1.60. The Hall–Kier alpha value is -2.57. The van der Waals surface area contributed by atoms with E-state index in [-0.39, 0.29) is 6.01 Å². The molecule has 0 saturated carbocycles. The predicted molar refractivity (Wildman–Crippen MR) is 76.2 cm³/mol. The molecule has 0 unspecified atom stereocenters. The first-order valence-corrected chi connectivity index (χ1v) is 6.09. The lowest BCUT2D eigenvalue weighted by Crippen LogP contribution is -2.08. The molecule has 0 amide bonds. The summed E-state index contributed by atoms with van der Waals surface area (Å²) in [5, 5.41) is 5.98. The van der Waals surface area contributed by atoms with Crippen molar-refractivity contribution in [1.82, 2.24) is 15.0 Å². The Balaban J connectivity index is 2.09. The van der Waals surface area contributed by atoms with Gasteiger partial charge in [-0.05, 0) is 17.7 Å². The van der Waals surface area contributed by atoms with Crippen LogP contribution >= 0.6 is 0 Å². The van der Waals surface area contributed by atoms with Gasteiger partial charge in [-0.2, -0.15) is 15.0 Å². The van der Waals surface area contributed by atoms with Crippen LogP contribution in [0.4, 0.5) is 11.9 Å². The average Bonchev–Trinajstić information content (AvgIpc) is 2.52. The Labute approximate surface area is 117 Å². The van der Waals surface area contributed by atoms with Crippen molar-refractivity contribution in [2.24, 2.45) is 0 Å². The Morgan fingerprint density at radius 3 is 2.55 bits per heavy atom. The maximum atomic E-state index is 5.18. The summed E-state index contributed by atoms with van der Waals surface area (Å²) >= 11 is 0. The summed E-state index contributed by atoms with van der Waals surface area (Å²) < 4.78 is 10.2. The van der Waals surface area contributed by atoms with Crippen LogP contribution in [0, 0.1) is 0 Å². The van der Waals surface area contributed by atoms with Crippen LogP contribution in [0.3, 0.4) is 0 Å². The van der Waals surface area contributed by atoms with Gasteiger partial charge in [-0.3, -0.25) is 0 Å². The molecule has 0 spiro atoms. The molecule has 0 fully saturated rings. The minimum Gasteiger partial charge on any atom is -0.497 e. The molecule has 0 saturated heterocycles. The summed E-state index contributed by atoms with van der Waals surface area (Å²) in [6.45, 7) is 0.577. The van der Waals surface area contributed by atoms with Crippen LogP contribution in [-0.4, -0.2) is 36.2 Å². The van der Waals surface area contributed by atoms with Crippen LogP contribution < -0.4 is 20.1 Å². The van der Waals surface area contributed by atoms with Crippen molar-refractivity contribution in [3.8, 4) is 11.8 Å². The Kier molecular flexibility index (Phi) is 4.54. The topological polar surface area (TPSA) is 81.2 Å². The summed E-state index contributed by atoms with van der Waals surface area (Å²) in [7, 11) is 4.89. The van der Waals surface area contributed by atoms with Crippen molar-refractivity contribution >= 4 is 11.9 Å². The molecular weight excluding hydrogens is 258 g/mol. The second-order valence-electron chi connectivity index (χ2n) is 3.92. The Bertz CT molecular complexity index is 554. The summed E-state index contributed by atoms with van der Waals surface area (Å²) in [4.78, 5) is 12.4. The van der Waals surface area contributed by atoms with Crippen LogP contribution in [-0.2, 0) is 6.54 Å². The highest BCUT2D eigenvalue weighted by Gasteiger charge is 2.05. The van der Waals surface area contributed by atoms with Gasteiger partial charge in [0.1, 0.15) is 5.75 Å². The lowest BCUT2D eigenvalue weighted by molar-refractivity contribution is 0.379. The normalized spacial score (nSPS) is 9.95. The molecule has 0 radical (unpaired) electrons. The summed E-state index contributed by atoms with van der Waals surface area (Å²) in [5.74, 6) is 1.71. The molecule has 0 aliphatic rings. The minimum absolute atomic E-state index is 0.262. The molecule has 106 valence electrons. The van der Waals surface area contributed by atoms with Gasteiger partial charge in [0, 0.05) is 13.6 Å². The van der Waals surface area contributed by atoms with Crippen LogP contribution in [0.1, 0.15) is 5.56 Å². The van der Waals surface area contributed by atoms with E-state index in [9.17, 15) is 0 Å². The van der Waals surface area contributed by atoms with Crippen LogP contribution in [0.15, 0.2) is 24.3 Å². The van der Waals surface area contributed by atoms with E-state index >= 15 is 0 Å². The largest absolute Gasteiger partial charge is 0.497 e. The number of benzene rings is 1. The minimum atomic E-state index is 0.262. The number of nitrogens with one attached hydrogen (secondary N) is 2. The monoisotopic (exact) mass is 275 g/mol. The van der Waals surface area contributed by atoms with Gasteiger partial charge >= 0.3 is 6.01 Å². The summed E-state index contributed by atoms with van der Waals surface area (Å²) in [6.07, 6.45) is 0. The molecule has 0 bridgehead atoms. The van der Waals surface area contributed by atoms with E-state index < -0.39 is 0 Å². The first-order chi connectivity index (χ1) is 9.75. The lowest BCUT2D eigenvalue weighted by atomic mass is 10.2. The fraction of sp³-hybridized carbons (Fsp3) is 0.308. The third-order valence-corrected chi connectivity index (χ3v) is 2.61. The van der Waals surface area contributed by atoms with E-state index in [4.69, 9.17) is 9.47 Å². The standard InChI is InChI=1S/C13H17N5O2/c1-14-11-16-12(18-13(17-11)20-3)15-8-9-5-4-6-10(7-9)19-2/h4-7H,8H2,1-3H3,(H2,14,15,16,17,18). The summed E-state index contributed by atoms with van der Waals surface area (Å²) in [6, 6.07) is 8.03. The van der Waals surface area contributed by atoms with Gasteiger partial charge in [-0.1, -0.05) is 12.1 Å². The highest BCUT2D eigenvalue weighted by atomic mass is 16.5. The highest BCUT2D eigenvalue weighted by Crippen LogP contribution is 2.15. The van der Waals surface area contributed by atoms with Gasteiger partial charge in [-0.25, -0.2) is 0 Å². The van der Waals surface area contributed by atoms with Gasteiger partial charge in [0.15, 0.2) is 0 Å². The number of ether oxygens (including phenoxy) is 2. The first kappa shape index (κ1) is 13.9. The molecule has 2 aromatic rings. The van der Waals surface area contributed by atoms with Crippen molar-refractivity contribution < 1.29 is 9.47 Å². The maximum Gasteiger partial charge on any atom is 0.322 e. The molecule has 0 aliphatic heterocycles. The number of nitrogens with zero attached hydrogens (tertiary/aromatic N) is 3. The second kappa shape index (κ2) is 6.55. The zero-order chi connectivity index (χ0) is 14.4. The number of methoxy groups -OCH3 is 2. The molecule has 0 aliphatic carbocycles. The molecule has 0 atom stereocenters.